The number of benzene rings is 1. The van der Waals surface area contributed by atoms with Gasteiger partial charge in [0.15, 0.2) is 5.60 Å². The van der Waals surface area contributed by atoms with Gasteiger partial charge in [-0.3, -0.25) is 9.59 Å². The lowest BCUT2D eigenvalue weighted by Crippen LogP contribution is -2.44. The summed E-state index contributed by atoms with van der Waals surface area (Å²) in [5.74, 6) is -1.44. The first kappa shape index (κ1) is 25.6. The molecular weight excluding hydrogens is 492 g/mol. The van der Waals surface area contributed by atoms with Crippen molar-refractivity contribution in [3.8, 4) is 11.4 Å². The molecule has 1 atom stereocenters. The van der Waals surface area contributed by atoms with Crippen LogP contribution in [0.15, 0.2) is 35.1 Å². The van der Waals surface area contributed by atoms with E-state index in [0.717, 1.165) is 4.90 Å². The highest BCUT2D eigenvalue weighted by Crippen LogP contribution is 2.39. The van der Waals surface area contributed by atoms with E-state index in [2.05, 4.69) is 0 Å². The highest BCUT2D eigenvalue weighted by molar-refractivity contribution is 6.17. The number of fused-ring (bicyclic) bond motifs is 5. The number of cyclic esters (lactones) is 1. The van der Waals surface area contributed by atoms with E-state index in [1.807, 2.05) is 0 Å². The smallest absolute Gasteiger partial charge is 0.421 e. The van der Waals surface area contributed by atoms with Crippen molar-refractivity contribution in [3.05, 3.63) is 57.4 Å². The predicted molar refractivity (Wildman–Crippen MR) is 137 cm³/mol. The van der Waals surface area contributed by atoms with Gasteiger partial charge in [0.25, 0.3) is 5.56 Å². The number of imide groups is 1. The second-order valence-corrected chi connectivity index (χ2v) is 10.4. The van der Waals surface area contributed by atoms with E-state index in [1.165, 1.54) is 4.57 Å². The molecule has 0 saturated carbocycles. The summed E-state index contributed by atoms with van der Waals surface area (Å²) in [5, 5.41) is 11.5. The number of hydrogen-bond acceptors (Lipinski definition) is 9. The van der Waals surface area contributed by atoms with Crippen molar-refractivity contribution >= 4 is 34.6 Å². The third kappa shape index (κ3) is 3.86. The highest BCUT2D eigenvalue weighted by atomic mass is 16.6. The Labute approximate surface area is 217 Å². The Morgan fingerprint density at radius 1 is 1.26 bits per heavy atom. The van der Waals surface area contributed by atoms with Gasteiger partial charge in [-0.25, -0.2) is 19.5 Å². The van der Waals surface area contributed by atoms with Crippen LogP contribution in [0.5, 0.6) is 0 Å². The van der Waals surface area contributed by atoms with Crippen molar-refractivity contribution in [2.45, 2.75) is 58.5 Å². The Hall–Kier alpha value is -4.09. The standard InChI is InChI=1S/C27H28N4O7/c1-5-27(36)17-10-20-22-14(12-30(20)23(33)16(17)13-37-24(27)34)9-15-18(29-22)7-6-8-19(15)31(21(32)11-28)25(35)38-26(2,3)4/h6-10,36H,5,11-13,28H2,1-4H3/t27-/m0/s1. The van der Waals surface area contributed by atoms with Crippen LogP contribution in [0.1, 0.15) is 50.8 Å². The van der Waals surface area contributed by atoms with Crippen LogP contribution < -0.4 is 16.2 Å². The normalized spacial score (nSPS) is 17.9. The summed E-state index contributed by atoms with van der Waals surface area (Å²) in [7, 11) is 0. The number of anilines is 1. The van der Waals surface area contributed by atoms with Crippen molar-refractivity contribution in [2.24, 2.45) is 5.73 Å². The van der Waals surface area contributed by atoms with Gasteiger partial charge in [-0.05, 0) is 51.5 Å². The van der Waals surface area contributed by atoms with Crippen LogP contribution in [0.25, 0.3) is 22.3 Å². The number of carbonyl (C=O) groups excluding carboxylic acids is 3. The zero-order chi connectivity index (χ0) is 27.6. The average Bonchev–Trinajstić information content (AvgIpc) is 3.22. The Morgan fingerprint density at radius 2 is 2.00 bits per heavy atom. The number of pyridine rings is 2. The molecule has 1 aromatic carbocycles. The molecule has 0 unspecified atom stereocenters. The summed E-state index contributed by atoms with van der Waals surface area (Å²) in [6.07, 6.45) is -0.824. The average molecular weight is 521 g/mol. The SMILES string of the molecule is CC[C@@]1(O)C(=O)OCc2c1cc1n(c2=O)Cc2cc3c(N(C(=O)CN)C(=O)OC(C)(C)C)cccc3nc2-1. The summed E-state index contributed by atoms with van der Waals surface area (Å²) < 4.78 is 12.1. The van der Waals surface area contributed by atoms with Crippen LogP contribution in [0.2, 0.25) is 0 Å². The molecule has 3 aromatic rings. The van der Waals surface area contributed by atoms with Gasteiger partial charge in [-0.1, -0.05) is 13.0 Å². The highest BCUT2D eigenvalue weighted by Gasteiger charge is 2.45. The van der Waals surface area contributed by atoms with Crippen LogP contribution in [0, 0.1) is 0 Å². The van der Waals surface area contributed by atoms with E-state index in [1.54, 1.807) is 58.0 Å². The summed E-state index contributed by atoms with van der Waals surface area (Å²) >= 11 is 0. The van der Waals surface area contributed by atoms with Gasteiger partial charge in [0.2, 0.25) is 5.91 Å². The van der Waals surface area contributed by atoms with E-state index in [0.29, 0.717) is 27.9 Å². The lowest BCUT2D eigenvalue weighted by molar-refractivity contribution is -0.172. The van der Waals surface area contributed by atoms with E-state index in [-0.39, 0.29) is 41.9 Å². The molecule has 2 aromatic heterocycles. The number of ether oxygens (including phenoxy) is 2. The molecule has 11 nitrogen and oxygen atoms in total. The van der Waals surface area contributed by atoms with Gasteiger partial charge in [0, 0.05) is 16.5 Å². The zero-order valence-corrected chi connectivity index (χ0v) is 21.5. The molecule has 0 fully saturated rings. The Kier molecular flexibility index (Phi) is 5.88. The molecule has 0 radical (unpaired) electrons. The molecule has 0 aliphatic carbocycles. The number of nitrogens with zero attached hydrogens (tertiary/aromatic N) is 3. The van der Waals surface area contributed by atoms with Crippen LogP contribution >= 0.6 is 0 Å². The molecule has 0 saturated heterocycles. The molecule has 5 rings (SSSR count). The minimum absolute atomic E-state index is 0.0404. The Bertz CT molecular complexity index is 1590. The third-order valence-electron chi connectivity index (χ3n) is 6.77. The van der Waals surface area contributed by atoms with Gasteiger partial charge in [-0.2, -0.15) is 0 Å². The van der Waals surface area contributed by atoms with Gasteiger partial charge >= 0.3 is 12.1 Å². The maximum atomic E-state index is 13.4. The number of aliphatic hydroxyl groups is 1. The van der Waals surface area contributed by atoms with Crippen LogP contribution in [0.3, 0.4) is 0 Å². The zero-order valence-electron chi connectivity index (χ0n) is 21.5. The van der Waals surface area contributed by atoms with Crippen LogP contribution in [0.4, 0.5) is 10.5 Å². The van der Waals surface area contributed by atoms with Gasteiger partial charge in [-0.15, -0.1) is 0 Å². The number of hydrogen-bond donors (Lipinski definition) is 2. The van der Waals surface area contributed by atoms with Crippen molar-refractivity contribution in [3.63, 3.8) is 0 Å². The second kappa shape index (κ2) is 8.74. The van der Waals surface area contributed by atoms with E-state index in [4.69, 9.17) is 20.2 Å². The number of carbonyl (C=O) groups is 3. The van der Waals surface area contributed by atoms with Crippen LogP contribution in [-0.2, 0) is 37.8 Å². The number of nitrogens with two attached hydrogens (primary N) is 1. The third-order valence-corrected chi connectivity index (χ3v) is 6.77. The number of aromatic nitrogens is 2. The van der Waals surface area contributed by atoms with Gasteiger partial charge in [0.05, 0.1) is 41.2 Å². The monoisotopic (exact) mass is 520 g/mol. The molecule has 0 bridgehead atoms. The van der Waals surface area contributed by atoms with E-state index >= 15 is 0 Å². The largest absolute Gasteiger partial charge is 0.458 e. The van der Waals surface area contributed by atoms with Crippen LogP contribution in [-0.4, -0.2) is 44.8 Å². The van der Waals surface area contributed by atoms with E-state index < -0.39 is 35.7 Å². The summed E-state index contributed by atoms with van der Waals surface area (Å²) in [6.45, 7) is 6.26. The molecule has 3 N–H and O–H groups in total. The van der Waals surface area contributed by atoms with Crippen molar-refractivity contribution in [2.75, 3.05) is 11.4 Å². The lowest BCUT2D eigenvalue weighted by atomic mass is 9.86. The fraction of sp³-hybridized carbons (Fsp3) is 0.370. The number of rotatable bonds is 3. The first-order valence-corrected chi connectivity index (χ1v) is 12.3. The molecule has 38 heavy (non-hydrogen) atoms. The molecule has 2 amide bonds. The quantitative estimate of drug-likeness (QED) is 0.387. The molecule has 11 heteroatoms. The first-order chi connectivity index (χ1) is 17.9. The molecule has 0 spiro atoms. The summed E-state index contributed by atoms with van der Waals surface area (Å²) in [4.78, 5) is 57.3. The topological polar surface area (TPSA) is 154 Å². The first-order valence-electron chi connectivity index (χ1n) is 12.3. The Morgan fingerprint density at radius 3 is 2.66 bits per heavy atom. The second-order valence-electron chi connectivity index (χ2n) is 10.4. The number of amides is 2. The maximum absolute atomic E-state index is 13.4. The lowest BCUT2D eigenvalue weighted by Gasteiger charge is -2.31. The minimum Gasteiger partial charge on any atom is -0.458 e. The summed E-state index contributed by atoms with van der Waals surface area (Å²) in [6, 6.07) is 8.37. The summed E-state index contributed by atoms with van der Waals surface area (Å²) in [5.41, 5.74) is 5.25. The van der Waals surface area contributed by atoms with Gasteiger partial charge < -0.3 is 24.9 Å². The van der Waals surface area contributed by atoms with Crippen molar-refractivity contribution < 1.29 is 29.0 Å². The molecule has 2 aliphatic rings. The molecule has 2 aliphatic heterocycles. The molecule has 4 heterocycles. The van der Waals surface area contributed by atoms with Crippen molar-refractivity contribution in [1.29, 1.82) is 0 Å². The van der Waals surface area contributed by atoms with Gasteiger partial charge in [0.1, 0.15) is 12.2 Å². The van der Waals surface area contributed by atoms with Crippen molar-refractivity contribution in [1.82, 2.24) is 9.55 Å². The Balaban J connectivity index is 1.68. The molecule has 198 valence electrons. The van der Waals surface area contributed by atoms with E-state index in [9.17, 15) is 24.3 Å². The maximum Gasteiger partial charge on any atom is 0.421 e. The predicted octanol–water partition coefficient (Wildman–Crippen LogP) is 2.31. The minimum atomic E-state index is -1.92. The fourth-order valence-electron chi connectivity index (χ4n) is 4.92. The molecular formula is C27H28N4O7. The number of esters is 1. The fourth-order valence-corrected chi connectivity index (χ4v) is 4.92.